The van der Waals surface area contributed by atoms with Crippen molar-refractivity contribution in [1.82, 2.24) is 5.32 Å². The van der Waals surface area contributed by atoms with Crippen molar-refractivity contribution in [2.75, 3.05) is 13.2 Å². The van der Waals surface area contributed by atoms with E-state index in [0.717, 1.165) is 24.2 Å². The van der Waals surface area contributed by atoms with Gasteiger partial charge in [-0.2, -0.15) is 0 Å². The number of aliphatic hydroxyl groups excluding tert-OH is 1. The first-order chi connectivity index (χ1) is 8.74. The van der Waals surface area contributed by atoms with E-state index in [9.17, 15) is 4.79 Å². The van der Waals surface area contributed by atoms with Gasteiger partial charge in [-0.1, -0.05) is 6.92 Å². The summed E-state index contributed by atoms with van der Waals surface area (Å²) in [5.74, 6) is 0.805. The minimum Gasteiger partial charge on any atom is -0.493 e. The summed E-state index contributed by atoms with van der Waals surface area (Å²) in [6, 6.07) is 5.56. The first kappa shape index (κ1) is 12.9. The van der Waals surface area contributed by atoms with E-state index in [2.05, 4.69) is 5.32 Å². The molecule has 1 aliphatic rings. The fraction of sp³-hybridized carbons (Fsp3) is 0.500. The average Bonchev–Trinajstić information content (AvgIpc) is 2.85. The first-order valence-electron chi connectivity index (χ1n) is 6.42. The van der Waals surface area contributed by atoms with E-state index in [1.165, 1.54) is 0 Å². The van der Waals surface area contributed by atoms with Crippen LogP contribution >= 0.6 is 0 Å². The third-order valence-corrected chi connectivity index (χ3v) is 3.26. The van der Waals surface area contributed by atoms with Crippen LogP contribution in [0.1, 0.15) is 35.7 Å². The highest BCUT2D eigenvalue weighted by Gasteiger charge is 2.16. The molecular formula is C14H19NO3. The molecule has 0 saturated carbocycles. The third kappa shape index (κ3) is 2.82. The molecule has 1 aromatic carbocycles. The molecule has 1 unspecified atom stereocenters. The van der Waals surface area contributed by atoms with Gasteiger partial charge in [-0.3, -0.25) is 4.79 Å². The summed E-state index contributed by atoms with van der Waals surface area (Å²) < 4.78 is 5.41. The number of hydrogen-bond donors (Lipinski definition) is 2. The molecule has 1 aromatic rings. The monoisotopic (exact) mass is 249 g/mol. The van der Waals surface area contributed by atoms with Crippen molar-refractivity contribution in [2.24, 2.45) is 0 Å². The molecule has 0 spiro atoms. The number of aliphatic hydroxyl groups is 1. The summed E-state index contributed by atoms with van der Waals surface area (Å²) in [5.41, 5.74) is 1.76. The van der Waals surface area contributed by atoms with Gasteiger partial charge in [-0.05, 0) is 36.6 Å². The molecule has 0 saturated heterocycles. The zero-order chi connectivity index (χ0) is 13.0. The van der Waals surface area contributed by atoms with Gasteiger partial charge in [0.1, 0.15) is 5.75 Å². The lowest BCUT2D eigenvalue weighted by Crippen LogP contribution is -2.35. The summed E-state index contributed by atoms with van der Waals surface area (Å²) in [4.78, 5) is 12.1. The number of nitrogens with one attached hydrogen (secondary N) is 1. The lowest BCUT2D eigenvalue weighted by molar-refractivity contribution is 0.0929. The zero-order valence-electron chi connectivity index (χ0n) is 10.6. The van der Waals surface area contributed by atoms with Crippen LogP contribution in [-0.4, -0.2) is 30.3 Å². The molecule has 2 rings (SSSR count). The van der Waals surface area contributed by atoms with Crippen LogP contribution in [0.15, 0.2) is 18.2 Å². The van der Waals surface area contributed by atoms with Crippen molar-refractivity contribution < 1.29 is 14.6 Å². The molecule has 0 aliphatic carbocycles. The summed E-state index contributed by atoms with van der Waals surface area (Å²) >= 11 is 0. The number of carbonyl (C=O) groups excluding carboxylic acids is 1. The highest BCUT2D eigenvalue weighted by Crippen LogP contribution is 2.25. The van der Waals surface area contributed by atoms with Crippen molar-refractivity contribution in [3.05, 3.63) is 29.3 Å². The number of carbonyl (C=O) groups is 1. The van der Waals surface area contributed by atoms with Crippen LogP contribution in [0.3, 0.4) is 0 Å². The zero-order valence-corrected chi connectivity index (χ0v) is 10.6. The van der Waals surface area contributed by atoms with E-state index in [-0.39, 0.29) is 18.6 Å². The minimum absolute atomic E-state index is 0.0343. The highest BCUT2D eigenvalue weighted by atomic mass is 16.5. The Morgan fingerprint density at radius 3 is 3.11 bits per heavy atom. The van der Waals surface area contributed by atoms with Gasteiger partial charge in [0.05, 0.1) is 6.61 Å². The van der Waals surface area contributed by atoms with Crippen LogP contribution < -0.4 is 10.1 Å². The van der Waals surface area contributed by atoms with Gasteiger partial charge >= 0.3 is 0 Å². The maximum Gasteiger partial charge on any atom is 0.251 e. The lowest BCUT2D eigenvalue weighted by Gasteiger charge is -2.15. The smallest absolute Gasteiger partial charge is 0.251 e. The van der Waals surface area contributed by atoms with Crippen molar-refractivity contribution in [2.45, 2.75) is 32.2 Å². The summed E-state index contributed by atoms with van der Waals surface area (Å²) in [6.45, 7) is 2.79. The topological polar surface area (TPSA) is 58.6 Å². The van der Waals surface area contributed by atoms with Gasteiger partial charge in [0.2, 0.25) is 0 Å². The van der Waals surface area contributed by atoms with Gasteiger partial charge in [0.25, 0.3) is 5.91 Å². The van der Waals surface area contributed by atoms with Gasteiger partial charge < -0.3 is 15.2 Å². The Kier molecular flexibility index (Phi) is 4.20. The van der Waals surface area contributed by atoms with Crippen LogP contribution in [0.4, 0.5) is 0 Å². The molecule has 0 bridgehead atoms. The van der Waals surface area contributed by atoms with Gasteiger partial charge in [0.15, 0.2) is 0 Å². The van der Waals surface area contributed by atoms with E-state index >= 15 is 0 Å². The van der Waals surface area contributed by atoms with E-state index < -0.39 is 0 Å². The Morgan fingerprint density at radius 1 is 1.56 bits per heavy atom. The standard InChI is InChI=1S/C14H19NO3/c1-2-12(5-7-16)15-14(17)11-3-4-13-10(9-11)6-8-18-13/h3-4,9,12,16H,2,5-8H2,1H3,(H,15,17). The Hall–Kier alpha value is -1.55. The summed E-state index contributed by atoms with van der Waals surface area (Å²) in [5, 5.41) is 11.8. The second-order valence-electron chi connectivity index (χ2n) is 4.51. The lowest BCUT2D eigenvalue weighted by atomic mass is 10.1. The molecule has 1 atom stereocenters. The average molecular weight is 249 g/mol. The minimum atomic E-state index is -0.0787. The van der Waals surface area contributed by atoms with Crippen LogP contribution in [0.25, 0.3) is 0 Å². The van der Waals surface area contributed by atoms with Gasteiger partial charge in [-0.15, -0.1) is 0 Å². The van der Waals surface area contributed by atoms with E-state index in [4.69, 9.17) is 9.84 Å². The van der Waals surface area contributed by atoms with Crippen molar-refractivity contribution in [1.29, 1.82) is 0 Å². The molecule has 0 radical (unpaired) electrons. The molecule has 1 heterocycles. The number of ether oxygens (including phenoxy) is 1. The Labute approximate surface area is 107 Å². The van der Waals surface area contributed by atoms with Crippen molar-refractivity contribution in [3.8, 4) is 5.75 Å². The molecule has 4 heteroatoms. The number of amides is 1. The molecule has 98 valence electrons. The maximum absolute atomic E-state index is 12.1. The summed E-state index contributed by atoms with van der Waals surface area (Å²) in [7, 11) is 0. The van der Waals surface area contributed by atoms with Crippen LogP contribution in [-0.2, 0) is 6.42 Å². The Bertz CT molecular complexity index is 431. The largest absolute Gasteiger partial charge is 0.493 e. The van der Waals surface area contributed by atoms with Crippen molar-refractivity contribution >= 4 is 5.91 Å². The highest BCUT2D eigenvalue weighted by molar-refractivity contribution is 5.94. The van der Waals surface area contributed by atoms with Crippen LogP contribution in [0.5, 0.6) is 5.75 Å². The third-order valence-electron chi connectivity index (χ3n) is 3.26. The Balaban J connectivity index is 2.04. The molecule has 0 aromatic heterocycles. The molecule has 0 fully saturated rings. The van der Waals surface area contributed by atoms with Gasteiger partial charge in [-0.25, -0.2) is 0 Å². The van der Waals surface area contributed by atoms with Crippen LogP contribution in [0, 0.1) is 0 Å². The van der Waals surface area contributed by atoms with E-state index in [1.54, 1.807) is 6.07 Å². The fourth-order valence-electron chi connectivity index (χ4n) is 2.13. The number of fused-ring (bicyclic) bond motifs is 1. The second-order valence-corrected chi connectivity index (χ2v) is 4.51. The molecule has 4 nitrogen and oxygen atoms in total. The SMILES string of the molecule is CCC(CCO)NC(=O)c1ccc2c(c1)CCO2. The number of rotatable bonds is 5. The predicted molar refractivity (Wildman–Crippen MR) is 68.9 cm³/mol. The quantitative estimate of drug-likeness (QED) is 0.831. The summed E-state index contributed by atoms with van der Waals surface area (Å²) in [6.07, 6.45) is 2.28. The maximum atomic E-state index is 12.1. The molecule has 1 aliphatic heterocycles. The fourth-order valence-corrected chi connectivity index (χ4v) is 2.13. The molecule has 2 N–H and O–H groups in total. The molecule has 1 amide bonds. The second kappa shape index (κ2) is 5.87. The Morgan fingerprint density at radius 2 is 2.39 bits per heavy atom. The molecule has 18 heavy (non-hydrogen) atoms. The van der Waals surface area contributed by atoms with Crippen molar-refractivity contribution in [3.63, 3.8) is 0 Å². The normalized spacial score (nSPS) is 14.8. The number of hydrogen-bond acceptors (Lipinski definition) is 3. The van der Waals surface area contributed by atoms with Gasteiger partial charge in [0, 0.05) is 24.6 Å². The van der Waals surface area contributed by atoms with E-state index in [1.807, 2.05) is 19.1 Å². The number of benzene rings is 1. The van der Waals surface area contributed by atoms with Crippen LogP contribution in [0.2, 0.25) is 0 Å². The molecular weight excluding hydrogens is 230 g/mol. The van der Waals surface area contributed by atoms with E-state index in [0.29, 0.717) is 18.6 Å². The predicted octanol–water partition coefficient (Wildman–Crippen LogP) is 1.51. The first-order valence-corrected chi connectivity index (χ1v) is 6.42.